The Hall–Kier alpha value is -1.46. The molecule has 2 fully saturated rings. The van der Waals surface area contributed by atoms with Crippen LogP contribution < -0.4 is 15.8 Å². The first kappa shape index (κ1) is 15.4. The summed E-state index contributed by atoms with van der Waals surface area (Å²) in [5, 5.41) is 3.46. The highest BCUT2D eigenvalue weighted by Gasteiger charge is 2.33. The minimum atomic E-state index is -0.136. The summed E-state index contributed by atoms with van der Waals surface area (Å²) in [4.78, 5) is 15.1. The lowest BCUT2D eigenvalue weighted by Gasteiger charge is -2.42. The highest BCUT2D eigenvalue weighted by molar-refractivity contribution is 6.35. The van der Waals surface area contributed by atoms with Crippen molar-refractivity contribution in [3.63, 3.8) is 0 Å². The van der Waals surface area contributed by atoms with E-state index in [0.29, 0.717) is 27.9 Å². The normalized spacial score (nSPS) is 27.3. The van der Waals surface area contributed by atoms with E-state index in [0.717, 1.165) is 19.5 Å². The molecule has 1 aromatic rings. The summed E-state index contributed by atoms with van der Waals surface area (Å²) >= 11 is 6.13. The fourth-order valence-corrected chi connectivity index (χ4v) is 3.81. The molecule has 3 rings (SSSR count). The number of ether oxygens (including phenoxy) is 1. The Kier molecular flexibility index (Phi) is 4.45. The largest absolute Gasteiger partial charge is 0.494 e. The Balaban J connectivity index is 1.76. The number of rotatable bonds is 3. The summed E-state index contributed by atoms with van der Waals surface area (Å²) < 4.78 is 5.27. The van der Waals surface area contributed by atoms with Crippen LogP contribution in [0.15, 0.2) is 12.1 Å². The maximum Gasteiger partial charge on any atom is 0.255 e. The van der Waals surface area contributed by atoms with Gasteiger partial charge >= 0.3 is 0 Å². The molecule has 5 nitrogen and oxygen atoms in total. The number of nitrogens with zero attached hydrogens (tertiary/aromatic N) is 1. The number of fused-ring (bicyclic) bond motifs is 2. The number of nitrogens with two attached hydrogens (primary N) is 1. The molecule has 1 aromatic carbocycles. The van der Waals surface area contributed by atoms with E-state index in [1.54, 1.807) is 12.1 Å². The third kappa shape index (κ3) is 2.88. The van der Waals surface area contributed by atoms with Gasteiger partial charge in [0, 0.05) is 19.1 Å². The maximum absolute atomic E-state index is 12.6. The topological polar surface area (TPSA) is 67.6 Å². The smallest absolute Gasteiger partial charge is 0.255 e. The number of piperidine rings is 2. The van der Waals surface area contributed by atoms with Gasteiger partial charge in [-0.05, 0) is 43.9 Å². The van der Waals surface area contributed by atoms with Gasteiger partial charge in [-0.15, -0.1) is 0 Å². The van der Waals surface area contributed by atoms with Crippen molar-refractivity contribution in [2.75, 3.05) is 32.5 Å². The zero-order valence-electron chi connectivity index (χ0n) is 12.8. The predicted molar refractivity (Wildman–Crippen MR) is 87.5 cm³/mol. The molecular weight excluding hydrogens is 302 g/mol. The molecule has 3 atom stereocenters. The Morgan fingerprint density at radius 2 is 2.23 bits per heavy atom. The number of hydrogen-bond acceptors (Lipinski definition) is 4. The molecule has 2 saturated heterocycles. The van der Waals surface area contributed by atoms with Crippen molar-refractivity contribution in [3.8, 4) is 5.75 Å². The van der Waals surface area contributed by atoms with Gasteiger partial charge in [0.2, 0.25) is 0 Å². The van der Waals surface area contributed by atoms with Gasteiger partial charge in [0.25, 0.3) is 5.91 Å². The maximum atomic E-state index is 12.6. The summed E-state index contributed by atoms with van der Waals surface area (Å²) in [6.07, 6.45) is 3.40. The second-order valence-corrected chi connectivity index (χ2v) is 6.50. The number of carbonyl (C=O) groups is 1. The molecule has 2 bridgehead atoms. The van der Waals surface area contributed by atoms with E-state index in [-0.39, 0.29) is 11.9 Å². The molecule has 22 heavy (non-hydrogen) atoms. The molecule has 6 heteroatoms. The van der Waals surface area contributed by atoms with Gasteiger partial charge in [-0.2, -0.15) is 0 Å². The summed E-state index contributed by atoms with van der Waals surface area (Å²) in [5.74, 6) is 0.754. The van der Waals surface area contributed by atoms with Crippen LogP contribution in [0.25, 0.3) is 0 Å². The second kappa shape index (κ2) is 6.34. The van der Waals surface area contributed by atoms with Gasteiger partial charge in [-0.1, -0.05) is 11.6 Å². The third-order valence-electron chi connectivity index (χ3n) is 4.76. The number of nitrogen functional groups attached to an aromatic ring is 1. The number of methoxy groups -OCH3 is 1. The van der Waals surface area contributed by atoms with E-state index >= 15 is 0 Å². The molecule has 2 aliphatic rings. The van der Waals surface area contributed by atoms with Crippen LogP contribution in [0, 0.1) is 5.92 Å². The van der Waals surface area contributed by atoms with E-state index in [4.69, 9.17) is 22.1 Å². The molecule has 0 spiro atoms. The number of hydrogen-bond donors (Lipinski definition) is 2. The number of nitrogens with one attached hydrogen (secondary N) is 1. The van der Waals surface area contributed by atoms with Crippen molar-refractivity contribution < 1.29 is 9.53 Å². The van der Waals surface area contributed by atoms with E-state index in [9.17, 15) is 4.79 Å². The standard InChI is InChI=1S/C16H22ClN3O2/c1-22-15-11(4-5-12(18)14(15)17)16(21)19-13-6-8-20-7-2-3-10(13)9-20/h4-5,10,13H,2-3,6-9,18H2,1H3,(H,19,21)/t10-,13+/m0/s1. The summed E-state index contributed by atoms with van der Waals surface area (Å²) in [5.41, 5.74) is 6.62. The Morgan fingerprint density at radius 3 is 3.00 bits per heavy atom. The molecule has 0 aliphatic carbocycles. The number of halogens is 1. The Morgan fingerprint density at radius 1 is 1.41 bits per heavy atom. The van der Waals surface area contributed by atoms with Crippen molar-refractivity contribution in [2.24, 2.45) is 5.92 Å². The van der Waals surface area contributed by atoms with Crippen molar-refractivity contribution in [1.82, 2.24) is 10.2 Å². The van der Waals surface area contributed by atoms with Gasteiger partial charge in [0.05, 0.1) is 18.4 Å². The zero-order valence-corrected chi connectivity index (χ0v) is 13.5. The van der Waals surface area contributed by atoms with Crippen LogP contribution in [0.1, 0.15) is 29.6 Å². The molecule has 0 radical (unpaired) electrons. The lowest BCUT2D eigenvalue weighted by Crippen LogP contribution is -2.53. The van der Waals surface area contributed by atoms with Crippen LogP contribution in [-0.4, -0.2) is 43.6 Å². The molecule has 0 saturated carbocycles. The highest BCUT2D eigenvalue weighted by atomic mass is 35.5. The fraction of sp³-hybridized carbons (Fsp3) is 0.562. The van der Waals surface area contributed by atoms with Gasteiger partial charge < -0.3 is 20.7 Å². The van der Waals surface area contributed by atoms with Gasteiger partial charge in [0.15, 0.2) is 5.75 Å². The third-order valence-corrected chi connectivity index (χ3v) is 5.15. The summed E-state index contributed by atoms with van der Waals surface area (Å²) in [6, 6.07) is 3.54. The van der Waals surface area contributed by atoms with Crippen LogP contribution in [-0.2, 0) is 0 Å². The van der Waals surface area contributed by atoms with E-state index < -0.39 is 0 Å². The lowest BCUT2D eigenvalue weighted by molar-refractivity contribution is 0.0737. The molecular formula is C16H22ClN3O2. The molecule has 2 heterocycles. The van der Waals surface area contributed by atoms with Gasteiger partial charge in [-0.3, -0.25) is 4.79 Å². The molecule has 1 unspecified atom stereocenters. The average Bonchev–Trinajstić information content (AvgIpc) is 2.53. The molecule has 3 N–H and O–H groups in total. The summed E-state index contributed by atoms with van der Waals surface area (Å²) in [6.45, 7) is 3.34. The van der Waals surface area contributed by atoms with Crippen LogP contribution in [0.4, 0.5) is 5.69 Å². The van der Waals surface area contributed by atoms with Crippen molar-refractivity contribution in [1.29, 1.82) is 0 Å². The number of benzene rings is 1. The first-order valence-corrected chi connectivity index (χ1v) is 8.13. The Labute approximate surface area is 135 Å². The van der Waals surface area contributed by atoms with Crippen LogP contribution in [0.2, 0.25) is 5.02 Å². The molecule has 0 aromatic heterocycles. The number of carbonyl (C=O) groups excluding carboxylic acids is 1. The average molecular weight is 324 g/mol. The lowest BCUT2D eigenvalue weighted by atomic mass is 9.85. The van der Waals surface area contributed by atoms with Crippen LogP contribution in [0.3, 0.4) is 0 Å². The number of amides is 1. The van der Waals surface area contributed by atoms with Gasteiger partial charge in [-0.25, -0.2) is 0 Å². The van der Waals surface area contributed by atoms with Crippen molar-refractivity contribution in [2.45, 2.75) is 25.3 Å². The summed E-state index contributed by atoms with van der Waals surface area (Å²) in [7, 11) is 1.50. The van der Waals surface area contributed by atoms with Crippen LogP contribution >= 0.6 is 11.6 Å². The number of anilines is 1. The van der Waals surface area contributed by atoms with Gasteiger partial charge in [0.1, 0.15) is 5.02 Å². The second-order valence-electron chi connectivity index (χ2n) is 6.12. The minimum absolute atomic E-state index is 0.136. The minimum Gasteiger partial charge on any atom is -0.494 e. The first-order valence-electron chi connectivity index (χ1n) is 7.75. The molecule has 120 valence electrons. The van der Waals surface area contributed by atoms with Crippen LogP contribution in [0.5, 0.6) is 5.75 Å². The van der Waals surface area contributed by atoms with E-state index in [1.165, 1.54) is 26.5 Å². The monoisotopic (exact) mass is 323 g/mol. The highest BCUT2D eigenvalue weighted by Crippen LogP contribution is 2.34. The molecule has 1 amide bonds. The SMILES string of the molecule is COc1c(C(=O)N[C@@H]2CCN3CCC[C@H]2C3)ccc(N)c1Cl. The van der Waals surface area contributed by atoms with Crippen molar-refractivity contribution in [3.05, 3.63) is 22.7 Å². The first-order chi connectivity index (χ1) is 10.6. The quantitative estimate of drug-likeness (QED) is 0.836. The fourth-order valence-electron chi connectivity index (χ4n) is 3.57. The van der Waals surface area contributed by atoms with E-state index in [2.05, 4.69) is 10.2 Å². The van der Waals surface area contributed by atoms with Crippen molar-refractivity contribution >= 4 is 23.2 Å². The Bertz CT molecular complexity index is 579. The predicted octanol–water partition coefficient (Wildman–Crippen LogP) is 2.14. The zero-order chi connectivity index (χ0) is 15.7. The van der Waals surface area contributed by atoms with E-state index in [1.807, 2.05) is 0 Å². The molecule has 2 aliphatic heterocycles.